The number of thiazole rings is 1. The van der Waals surface area contributed by atoms with E-state index in [1.54, 1.807) is 6.20 Å². The first kappa shape index (κ1) is 15.7. The Balaban J connectivity index is 2.49. The van der Waals surface area contributed by atoms with Crippen molar-refractivity contribution >= 4 is 44.7 Å². The van der Waals surface area contributed by atoms with Crippen LogP contribution in [-0.4, -0.2) is 21.5 Å². The van der Waals surface area contributed by atoms with Crippen molar-refractivity contribution in [3.8, 4) is 10.8 Å². The number of hydrogen-bond donors (Lipinski definition) is 1. The summed E-state index contributed by atoms with van der Waals surface area (Å²) in [5.41, 5.74) is 0.972. The van der Waals surface area contributed by atoms with E-state index in [1.165, 1.54) is 11.3 Å². The molecule has 2 heterocycles. The van der Waals surface area contributed by atoms with Crippen molar-refractivity contribution in [1.29, 1.82) is 0 Å². The van der Waals surface area contributed by atoms with Gasteiger partial charge in [0.25, 0.3) is 0 Å². The molecule has 0 radical (unpaired) electrons. The van der Waals surface area contributed by atoms with Crippen LogP contribution in [0, 0.1) is 0 Å². The lowest BCUT2D eigenvalue weighted by molar-refractivity contribution is 0.808. The Morgan fingerprint density at radius 2 is 2.15 bits per heavy atom. The molecular weight excluding hydrogens is 360 g/mol. The number of hydrogen-bond acceptors (Lipinski definition) is 5. The molecule has 108 valence electrons. The summed E-state index contributed by atoms with van der Waals surface area (Å²) in [6.07, 6.45) is 2.66. The Morgan fingerprint density at radius 1 is 1.40 bits per heavy atom. The van der Waals surface area contributed by atoms with Crippen molar-refractivity contribution in [2.75, 3.05) is 11.9 Å². The van der Waals surface area contributed by atoms with Crippen LogP contribution in [0.3, 0.4) is 0 Å². The summed E-state index contributed by atoms with van der Waals surface area (Å²) < 4.78 is 1.56. The molecule has 0 spiro atoms. The molecule has 7 heteroatoms. The van der Waals surface area contributed by atoms with Crippen molar-refractivity contribution < 1.29 is 0 Å². The standard InChI is InChI=1S/C13H16BrClN4S/c1-4-5-16-11-9(14)10(7(2)3)18-12(19-11)13-17-6-8(15)20-13/h6-7H,4-5H2,1-3H3,(H,16,18,19). The lowest BCUT2D eigenvalue weighted by Crippen LogP contribution is -2.08. The molecule has 0 aliphatic rings. The van der Waals surface area contributed by atoms with Crippen LogP contribution in [-0.2, 0) is 0 Å². The Hall–Kier alpha value is -0.720. The minimum absolute atomic E-state index is 0.295. The van der Waals surface area contributed by atoms with Gasteiger partial charge >= 0.3 is 0 Å². The molecule has 0 aliphatic heterocycles. The van der Waals surface area contributed by atoms with Crippen LogP contribution in [0.15, 0.2) is 10.7 Å². The normalized spacial score (nSPS) is 11.1. The second-order valence-electron chi connectivity index (χ2n) is 4.65. The van der Waals surface area contributed by atoms with Gasteiger partial charge < -0.3 is 5.32 Å². The molecule has 0 atom stereocenters. The number of anilines is 1. The summed E-state index contributed by atoms with van der Waals surface area (Å²) in [6.45, 7) is 7.20. The van der Waals surface area contributed by atoms with Crippen LogP contribution in [0.25, 0.3) is 10.8 Å². The predicted molar refractivity (Wildman–Crippen MR) is 88.7 cm³/mol. The number of aromatic nitrogens is 3. The van der Waals surface area contributed by atoms with E-state index < -0.39 is 0 Å². The fraction of sp³-hybridized carbons (Fsp3) is 0.462. The molecule has 2 rings (SSSR count). The summed E-state index contributed by atoms with van der Waals surface area (Å²) in [5, 5.41) is 4.06. The summed E-state index contributed by atoms with van der Waals surface area (Å²) in [4.78, 5) is 13.4. The van der Waals surface area contributed by atoms with Crippen LogP contribution in [0.5, 0.6) is 0 Å². The highest BCUT2D eigenvalue weighted by molar-refractivity contribution is 9.10. The van der Waals surface area contributed by atoms with E-state index in [1.807, 2.05) is 0 Å². The van der Waals surface area contributed by atoms with Crippen molar-refractivity contribution in [2.24, 2.45) is 0 Å². The van der Waals surface area contributed by atoms with Gasteiger partial charge in [-0.25, -0.2) is 15.0 Å². The number of rotatable bonds is 5. The average Bonchev–Trinajstić information content (AvgIpc) is 2.84. The minimum atomic E-state index is 0.295. The van der Waals surface area contributed by atoms with Gasteiger partial charge in [0.05, 0.1) is 16.4 Å². The maximum Gasteiger partial charge on any atom is 0.191 e. The first-order valence-corrected chi connectivity index (χ1v) is 8.44. The molecule has 0 saturated heterocycles. The zero-order chi connectivity index (χ0) is 14.7. The monoisotopic (exact) mass is 374 g/mol. The maximum atomic E-state index is 5.94. The molecule has 1 N–H and O–H groups in total. The van der Waals surface area contributed by atoms with E-state index in [9.17, 15) is 0 Å². The van der Waals surface area contributed by atoms with Gasteiger partial charge in [0.2, 0.25) is 0 Å². The molecule has 0 saturated carbocycles. The Morgan fingerprint density at radius 3 is 2.70 bits per heavy atom. The summed E-state index contributed by atoms with van der Waals surface area (Å²) in [5.74, 6) is 1.73. The number of nitrogens with one attached hydrogen (secondary N) is 1. The largest absolute Gasteiger partial charge is 0.369 e. The van der Waals surface area contributed by atoms with Crippen molar-refractivity contribution in [3.05, 3.63) is 20.7 Å². The maximum absolute atomic E-state index is 5.94. The van der Waals surface area contributed by atoms with Gasteiger partial charge in [0.15, 0.2) is 10.8 Å². The highest BCUT2D eigenvalue weighted by Gasteiger charge is 2.17. The van der Waals surface area contributed by atoms with Gasteiger partial charge in [-0.15, -0.1) is 0 Å². The van der Waals surface area contributed by atoms with Crippen LogP contribution in [0.4, 0.5) is 5.82 Å². The Bertz CT molecular complexity index is 600. The van der Waals surface area contributed by atoms with Crippen molar-refractivity contribution in [1.82, 2.24) is 15.0 Å². The van der Waals surface area contributed by atoms with E-state index in [0.717, 1.165) is 34.0 Å². The van der Waals surface area contributed by atoms with Gasteiger partial charge in [-0.1, -0.05) is 43.7 Å². The van der Waals surface area contributed by atoms with E-state index >= 15 is 0 Å². The van der Waals surface area contributed by atoms with E-state index in [0.29, 0.717) is 16.1 Å². The zero-order valence-electron chi connectivity index (χ0n) is 11.6. The molecule has 0 amide bonds. The van der Waals surface area contributed by atoms with Gasteiger partial charge in [0, 0.05) is 6.54 Å². The van der Waals surface area contributed by atoms with Gasteiger partial charge in [0.1, 0.15) is 10.2 Å². The summed E-state index contributed by atoms with van der Waals surface area (Å²) in [6, 6.07) is 0. The molecule has 0 fully saturated rings. The number of nitrogens with zero attached hydrogens (tertiary/aromatic N) is 3. The van der Waals surface area contributed by atoms with E-state index in [-0.39, 0.29) is 0 Å². The molecule has 0 aromatic carbocycles. The Kier molecular flexibility index (Phi) is 5.35. The second kappa shape index (κ2) is 6.83. The smallest absolute Gasteiger partial charge is 0.191 e. The van der Waals surface area contributed by atoms with Gasteiger partial charge in [-0.2, -0.15) is 0 Å². The highest BCUT2D eigenvalue weighted by Crippen LogP contribution is 2.33. The van der Waals surface area contributed by atoms with E-state index in [2.05, 4.69) is 57.0 Å². The predicted octanol–water partition coefficient (Wildman–Crippen LogP) is 4.96. The first-order chi connectivity index (χ1) is 9.52. The van der Waals surface area contributed by atoms with Gasteiger partial charge in [-0.3, -0.25) is 0 Å². The van der Waals surface area contributed by atoms with Crippen LogP contribution in [0.2, 0.25) is 4.34 Å². The summed E-state index contributed by atoms with van der Waals surface area (Å²) in [7, 11) is 0. The third-order valence-corrected chi connectivity index (χ3v) is 4.53. The third-order valence-electron chi connectivity index (χ3n) is 2.63. The zero-order valence-corrected chi connectivity index (χ0v) is 14.7. The second-order valence-corrected chi connectivity index (χ2v) is 7.10. The number of halogens is 2. The first-order valence-electron chi connectivity index (χ1n) is 6.46. The quantitative estimate of drug-likeness (QED) is 0.802. The van der Waals surface area contributed by atoms with Crippen LogP contribution in [0.1, 0.15) is 38.8 Å². The molecule has 0 aliphatic carbocycles. The van der Waals surface area contributed by atoms with Crippen LogP contribution < -0.4 is 5.32 Å². The fourth-order valence-electron chi connectivity index (χ4n) is 1.66. The molecule has 20 heavy (non-hydrogen) atoms. The molecule has 0 unspecified atom stereocenters. The van der Waals surface area contributed by atoms with Crippen molar-refractivity contribution in [2.45, 2.75) is 33.1 Å². The summed E-state index contributed by atoms with van der Waals surface area (Å²) >= 11 is 10.9. The molecule has 4 nitrogen and oxygen atoms in total. The lowest BCUT2D eigenvalue weighted by atomic mass is 10.1. The van der Waals surface area contributed by atoms with Gasteiger partial charge in [-0.05, 0) is 28.3 Å². The molecular formula is C13H16BrClN4S. The average molecular weight is 376 g/mol. The molecule has 2 aromatic heterocycles. The van der Waals surface area contributed by atoms with Crippen LogP contribution >= 0.6 is 38.9 Å². The Labute approximate surface area is 136 Å². The lowest BCUT2D eigenvalue weighted by Gasteiger charge is -2.13. The molecule has 2 aromatic rings. The topological polar surface area (TPSA) is 50.7 Å². The minimum Gasteiger partial charge on any atom is -0.369 e. The third kappa shape index (κ3) is 3.48. The highest BCUT2D eigenvalue weighted by atomic mass is 79.9. The van der Waals surface area contributed by atoms with E-state index in [4.69, 9.17) is 11.6 Å². The fourth-order valence-corrected chi connectivity index (χ4v) is 3.28. The van der Waals surface area contributed by atoms with Crippen molar-refractivity contribution in [3.63, 3.8) is 0 Å². The molecule has 0 bridgehead atoms. The SMILES string of the molecule is CCCNc1nc(-c2ncc(Cl)s2)nc(C(C)C)c1Br.